The molecule has 2 aromatic carbocycles. The van der Waals surface area contributed by atoms with Crippen LogP contribution in [0.5, 0.6) is 17.2 Å². The predicted molar refractivity (Wildman–Crippen MR) is 115 cm³/mol. The summed E-state index contributed by atoms with van der Waals surface area (Å²) in [7, 11) is 1.19. The van der Waals surface area contributed by atoms with E-state index in [1.165, 1.54) is 0 Å². The monoisotopic (exact) mass is 436 g/mol. The Morgan fingerprint density at radius 1 is 0.967 bits per heavy atom. The quantitative estimate of drug-likeness (QED) is 0.559. The summed E-state index contributed by atoms with van der Waals surface area (Å²) in [4.78, 5) is 12.4. The number of rotatable bonds is 11. The molecule has 0 fully saturated rings. The van der Waals surface area contributed by atoms with E-state index >= 15 is 0 Å². The maximum absolute atomic E-state index is 12.4. The van der Waals surface area contributed by atoms with Gasteiger partial charge >= 0.3 is 0 Å². The number of nitrogens with one attached hydrogen (secondary N) is 2. The third-order valence-corrected chi connectivity index (χ3v) is 5.16. The maximum Gasteiger partial charge on any atom is 0.221 e. The van der Waals surface area contributed by atoms with E-state index in [4.69, 9.17) is 14.2 Å². The zero-order valence-corrected chi connectivity index (χ0v) is 18.4. The van der Waals surface area contributed by atoms with E-state index in [0.717, 1.165) is 11.8 Å². The van der Waals surface area contributed by atoms with Gasteiger partial charge in [0.2, 0.25) is 15.9 Å². The molecule has 164 valence electrons. The number of ether oxygens (including phenoxy) is 3. The first-order valence-corrected chi connectivity index (χ1v) is 11.2. The van der Waals surface area contributed by atoms with Gasteiger partial charge < -0.3 is 19.5 Å². The lowest BCUT2D eigenvalue weighted by molar-refractivity contribution is -0.121. The fourth-order valence-electron chi connectivity index (χ4n) is 2.96. The van der Waals surface area contributed by atoms with Crippen LogP contribution in [0.2, 0.25) is 0 Å². The van der Waals surface area contributed by atoms with Crippen LogP contribution in [0.15, 0.2) is 42.5 Å². The molecule has 1 atom stereocenters. The largest absolute Gasteiger partial charge is 0.497 e. The normalized spacial score (nSPS) is 12.1. The van der Waals surface area contributed by atoms with Gasteiger partial charge in [-0.3, -0.25) is 4.79 Å². The summed E-state index contributed by atoms with van der Waals surface area (Å²) in [6, 6.07) is 11.8. The zero-order chi connectivity index (χ0) is 22.1. The van der Waals surface area contributed by atoms with Crippen molar-refractivity contribution in [2.24, 2.45) is 0 Å². The summed E-state index contributed by atoms with van der Waals surface area (Å²) in [5.74, 6) is 1.65. The molecule has 0 saturated heterocycles. The lowest BCUT2D eigenvalue weighted by atomic mass is 10.0. The van der Waals surface area contributed by atoms with Gasteiger partial charge in [-0.1, -0.05) is 18.2 Å². The summed E-state index contributed by atoms with van der Waals surface area (Å²) in [6.07, 6.45) is 1.64. The van der Waals surface area contributed by atoms with Gasteiger partial charge in [0.25, 0.3) is 0 Å². The van der Waals surface area contributed by atoms with E-state index in [2.05, 4.69) is 10.0 Å². The van der Waals surface area contributed by atoms with Gasteiger partial charge in [0.15, 0.2) is 11.5 Å². The highest BCUT2D eigenvalue weighted by Crippen LogP contribution is 2.27. The number of methoxy groups -OCH3 is 3. The summed E-state index contributed by atoms with van der Waals surface area (Å²) in [5.41, 5.74) is 1.66. The number of hydrogen-bond acceptors (Lipinski definition) is 6. The van der Waals surface area contributed by atoms with Crippen molar-refractivity contribution < 1.29 is 27.4 Å². The third-order valence-electron chi connectivity index (χ3n) is 4.45. The maximum atomic E-state index is 12.4. The summed E-state index contributed by atoms with van der Waals surface area (Å²) in [5, 5.41) is 2.84. The Morgan fingerprint density at radius 2 is 1.63 bits per heavy atom. The highest BCUT2D eigenvalue weighted by Gasteiger charge is 2.20. The van der Waals surface area contributed by atoms with Gasteiger partial charge in [-0.2, -0.15) is 0 Å². The average Bonchev–Trinajstić information content (AvgIpc) is 2.72. The number of sulfonamides is 1. The molecule has 0 aliphatic heterocycles. The van der Waals surface area contributed by atoms with Gasteiger partial charge in [0, 0.05) is 13.0 Å². The van der Waals surface area contributed by atoms with Crippen LogP contribution in [0, 0.1) is 0 Å². The topological polar surface area (TPSA) is 103 Å². The number of hydrogen-bond donors (Lipinski definition) is 2. The first-order chi connectivity index (χ1) is 14.3. The van der Waals surface area contributed by atoms with Crippen molar-refractivity contribution in [2.75, 3.05) is 34.1 Å². The van der Waals surface area contributed by atoms with Gasteiger partial charge in [0.05, 0.1) is 33.6 Å². The number of benzene rings is 2. The second kappa shape index (κ2) is 10.8. The third kappa shape index (κ3) is 7.23. The lowest BCUT2D eigenvalue weighted by Crippen LogP contribution is -2.34. The molecule has 0 unspecified atom stereocenters. The molecule has 0 spiro atoms. The smallest absolute Gasteiger partial charge is 0.221 e. The standard InChI is InChI=1S/C21H28N2O6S/c1-27-17-8-6-16(7-9-17)18(23-30(4,25)26)14-21(24)22-12-11-15-5-10-19(28-2)20(13-15)29-3/h5-10,13,18,23H,11-12,14H2,1-4H3,(H,22,24)/t18-/m1/s1. The Bertz CT molecular complexity index is 944. The van der Waals surface area contributed by atoms with Crippen LogP contribution in [0.3, 0.4) is 0 Å². The van der Waals surface area contributed by atoms with Crippen LogP contribution < -0.4 is 24.2 Å². The molecule has 30 heavy (non-hydrogen) atoms. The molecule has 8 nitrogen and oxygen atoms in total. The van der Waals surface area contributed by atoms with Crippen LogP contribution in [0.25, 0.3) is 0 Å². The Kier molecular flexibility index (Phi) is 8.49. The fourth-order valence-corrected chi connectivity index (χ4v) is 3.70. The highest BCUT2D eigenvalue weighted by molar-refractivity contribution is 7.88. The summed E-state index contributed by atoms with van der Waals surface area (Å²) < 4.78 is 41.6. The molecular formula is C21H28N2O6S. The minimum Gasteiger partial charge on any atom is -0.497 e. The van der Waals surface area contributed by atoms with Crippen molar-refractivity contribution in [3.8, 4) is 17.2 Å². The first kappa shape index (κ1) is 23.5. The Labute approximate surface area is 177 Å². The number of carbonyl (C=O) groups excluding carboxylic acids is 1. The van der Waals surface area contributed by atoms with E-state index in [1.54, 1.807) is 45.6 Å². The van der Waals surface area contributed by atoms with Crippen molar-refractivity contribution in [3.63, 3.8) is 0 Å². The highest BCUT2D eigenvalue weighted by atomic mass is 32.2. The average molecular weight is 437 g/mol. The minimum absolute atomic E-state index is 0.0225. The Hall–Kier alpha value is -2.78. The number of carbonyl (C=O) groups is 1. The van der Waals surface area contributed by atoms with Gasteiger partial charge in [-0.15, -0.1) is 0 Å². The molecule has 0 bridgehead atoms. The number of amides is 1. The van der Waals surface area contributed by atoms with Crippen LogP contribution in [-0.2, 0) is 21.2 Å². The molecule has 0 aliphatic carbocycles. The van der Waals surface area contributed by atoms with Crippen LogP contribution in [0.4, 0.5) is 0 Å². The second-order valence-corrected chi connectivity index (χ2v) is 8.49. The molecule has 9 heteroatoms. The molecular weight excluding hydrogens is 408 g/mol. The summed E-state index contributed by atoms with van der Waals surface area (Å²) >= 11 is 0. The molecule has 0 saturated carbocycles. The second-order valence-electron chi connectivity index (χ2n) is 6.71. The molecule has 1 amide bonds. The lowest BCUT2D eigenvalue weighted by Gasteiger charge is -2.18. The molecule has 0 heterocycles. The van der Waals surface area contributed by atoms with E-state index in [1.807, 2.05) is 18.2 Å². The molecule has 0 radical (unpaired) electrons. The van der Waals surface area contributed by atoms with E-state index in [9.17, 15) is 13.2 Å². The van der Waals surface area contributed by atoms with Gasteiger partial charge in [-0.05, 0) is 41.8 Å². The first-order valence-electron chi connectivity index (χ1n) is 9.34. The molecule has 2 aromatic rings. The zero-order valence-electron chi connectivity index (χ0n) is 17.6. The van der Waals surface area contributed by atoms with Crippen LogP contribution in [0.1, 0.15) is 23.6 Å². The summed E-state index contributed by atoms with van der Waals surface area (Å²) in [6.45, 7) is 0.405. The molecule has 0 aromatic heterocycles. The molecule has 2 N–H and O–H groups in total. The predicted octanol–water partition coefficient (Wildman–Crippen LogP) is 2.05. The van der Waals surface area contributed by atoms with E-state index in [0.29, 0.717) is 35.8 Å². The van der Waals surface area contributed by atoms with E-state index in [-0.39, 0.29) is 12.3 Å². The Morgan fingerprint density at radius 3 is 2.20 bits per heavy atom. The van der Waals surface area contributed by atoms with Crippen molar-refractivity contribution in [1.29, 1.82) is 0 Å². The van der Waals surface area contributed by atoms with Crippen LogP contribution in [-0.4, -0.2) is 48.5 Å². The fraction of sp³-hybridized carbons (Fsp3) is 0.381. The van der Waals surface area contributed by atoms with Crippen molar-refractivity contribution in [2.45, 2.75) is 18.9 Å². The molecule has 0 aliphatic rings. The van der Waals surface area contributed by atoms with Gasteiger partial charge in [-0.25, -0.2) is 13.1 Å². The van der Waals surface area contributed by atoms with Gasteiger partial charge in [0.1, 0.15) is 5.75 Å². The van der Waals surface area contributed by atoms with E-state index < -0.39 is 16.1 Å². The Balaban J connectivity index is 1.98. The minimum atomic E-state index is -3.50. The van der Waals surface area contributed by atoms with Crippen molar-refractivity contribution in [3.05, 3.63) is 53.6 Å². The van der Waals surface area contributed by atoms with Crippen molar-refractivity contribution in [1.82, 2.24) is 10.0 Å². The molecule has 2 rings (SSSR count). The van der Waals surface area contributed by atoms with Crippen molar-refractivity contribution >= 4 is 15.9 Å². The van der Waals surface area contributed by atoms with Crippen LogP contribution >= 0.6 is 0 Å². The SMILES string of the molecule is COc1ccc([C@@H](CC(=O)NCCc2ccc(OC)c(OC)c2)NS(C)(=O)=O)cc1.